The van der Waals surface area contributed by atoms with Gasteiger partial charge in [-0.3, -0.25) is 48.9 Å². The number of imide groups is 2. The molecule has 0 spiro atoms. The van der Waals surface area contributed by atoms with Crippen LogP contribution in [0.4, 0.5) is 24.5 Å². The van der Waals surface area contributed by atoms with Crippen molar-refractivity contribution >= 4 is 64.7 Å². The average Bonchev–Trinajstić information content (AvgIpc) is 3.63. The van der Waals surface area contributed by atoms with E-state index in [4.69, 9.17) is 26.4 Å². The van der Waals surface area contributed by atoms with E-state index in [1.807, 2.05) is 11.4 Å². The Morgan fingerprint density at radius 1 is 0.985 bits per heavy atom. The van der Waals surface area contributed by atoms with Gasteiger partial charge in [0.25, 0.3) is 23.6 Å². The largest absolute Gasteiger partial charge is 0.492 e. The molecule has 3 aliphatic heterocycles. The third kappa shape index (κ3) is 8.66. The lowest BCUT2D eigenvalue weighted by atomic mass is 10.0. The van der Waals surface area contributed by atoms with E-state index in [0.717, 1.165) is 21.9 Å². The second kappa shape index (κ2) is 18.4. The second-order valence-corrected chi connectivity index (χ2v) is 16.2. The minimum Gasteiger partial charge on any atom is -0.492 e. The Morgan fingerprint density at radius 2 is 1.68 bits per heavy atom. The zero-order valence-electron chi connectivity index (χ0n) is 35.4. The zero-order valence-corrected chi connectivity index (χ0v) is 36.2. The van der Waals surface area contributed by atoms with Crippen LogP contribution in [0, 0.1) is 28.8 Å². The van der Waals surface area contributed by atoms with Crippen LogP contribution in [0.25, 0.3) is 11.3 Å². The molecule has 4 aromatic rings. The highest BCUT2D eigenvalue weighted by Gasteiger charge is 2.51. The summed E-state index contributed by atoms with van der Waals surface area (Å²) in [4.78, 5) is 84.0. The van der Waals surface area contributed by atoms with Gasteiger partial charge in [-0.2, -0.15) is 5.26 Å². The minimum atomic E-state index is -1.44. The van der Waals surface area contributed by atoms with E-state index in [0.29, 0.717) is 25.9 Å². The summed E-state index contributed by atoms with van der Waals surface area (Å²) >= 11 is 5.59. The number of pyridine rings is 1. The van der Waals surface area contributed by atoms with E-state index < -0.39 is 52.7 Å². The molecule has 16 nitrogen and oxygen atoms in total. The highest BCUT2D eigenvalue weighted by molar-refractivity contribution is 7.81. The maximum Gasteiger partial charge on any atom is 0.261 e. The van der Waals surface area contributed by atoms with Crippen LogP contribution in [0.15, 0.2) is 60.8 Å². The molecule has 3 aliphatic rings. The molecule has 4 heterocycles. The Morgan fingerprint density at radius 3 is 2.34 bits per heavy atom. The number of halogens is 3. The number of carbonyl (C=O) groups is 6. The highest BCUT2D eigenvalue weighted by Crippen LogP contribution is 2.41. The topological polar surface area (TPSA) is 192 Å². The summed E-state index contributed by atoms with van der Waals surface area (Å²) < 4.78 is 63.7. The monoisotopic (exact) mass is 911 g/mol. The number of hydrogen-bond acceptors (Lipinski definition) is 12. The van der Waals surface area contributed by atoms with Gasteiger partial charge in [0, 0.05) is 56.1 Å². The number of nitriles is 1. The normalized spacial score (nSPS) is 16.3. The smallest absolute Gasteiger partial charge is 0.261 e. The molecule has 0 saturated carbocycles. The number of ether oxygens (including phenoxy) is 3. The number of methoxy groups -OCH3 is 1. The number of carbonyl (C=O) groups excluding carboxylic acids is 6. The summed E-state index contributed by atoms with van der Waals surface area (Å²) in [7, 11) is 1.18. The first-order valence-electron chi connectivity index (χ1n) is 20.2. The summed E-state index contributed by atoms with van der Waals surface area (Å²) in [6, 6.07) is 13.0. The van der Waals surface area contributed by atoms with Crippen LogP contribution in [0.1, 0.15) is 72.7 Å². The SMILES string of the molecule is COc1c(C#N)ccc(N2C(=O)C(C)(C)N(c3cnc(-c4ccc(OC5CCN(C(=O)COc6ccc7c(c6)C(=O)N(C(C)CCC(=O)NC=O)C7=O)CC5)cc4F)c(F)c3)C2=S)c1F. The van der Waals surface area contributed by atoms with E-state index in [9.17, 15) is 34.0 Å². The number of fused-ring (bicyclic) bond motifs is 1. The lowest BCUT2D eigenvalue weighted by Crippen LogP contribution is -2.44. The Bertz CT molecular complexity index is 2700. The van der Waals surface area contributed by atoms with E-state index in [1.165, 1.54) is 74.5 Å². The molecule has 7 rings (SSSR count). The molecule has 336 valence electrons. The van der Waals surface area contributed by atoms with E-state index >= 15 is 13.2 Å². The van der Waals surface area contributed by atoms with E-state index in [1.54, 1.807) is 11.8 Å². The zero-order chi connectivity index (χ0) is 46.9. The maximum absolute atomic E-state index is 15.8. The molecule has 0 aliphatic carbocycles. The quantitative estimate of drug-likeness (QED) is 0.0956. The van der Waals surface area contributed by atoms with Crippen LogP contribution in [0.5, 0.6) is 17.2 Å². The van der Waals surface area contributed by atoms with Gasteiger partial charge >= 0.3 is 0 Å². The molecule has 0 bridgehead atoms. The van der Waals surface area contributed by atoms with Gasteiger partial charge in [-0.05, 0) is 81.9 Å². The van der Waals surface area contributed by atoms with Crippen molar-refractivity contribution < 1.29 is 56.1 Å². The van der Waals surface area contributed by atoms with Crippen LogP contribution in [0.3, 0.4) is 0 Å². The van der Waals surface area contributed by atoms with Gasteiger partial charge in [0.05, 0.1) is 41.4 Å². The molecule has 6 amide bonds. The fraction of sp³-hybridized carbons (Fsp3) is 0.311. The first-order valence-corrected chi connectivity index (χ1v) is 20.6. The first kappa shape index (κ1) is 45.6. The number of anilines is 2. The Kier molecular flexibility index (Phi) is 12.9. The fourth-order valence-electron chi connectivity index (χ4n) is 7.94. The van der Waals surface area contributed by atoms with Crippen molar-refractivity contribution in [3.63, 3.8) is 0 Å². The molecule has 1 unspecified atom stereocenters. The van der Waals surface area contributed by atoms with Gasteiger partial charge in [-0.15, -0.1) is 0 Å². The summed E-state index contributed by atoms with van der Waals surface area (Å²) in [5, 5.41) is 11.2. The van der Waals surface area contributed by atoms with Crippen LogP contribution >= 0.6 is 12.2 Å². The van der Waals surface area contributed by atoms with E-state index in [2.05, 4.69) is 4.98 Å². The Labute approximate surface area is 375 Å². The van der Waals surface area contributed by atoms with Gasteiger partial charge in [0.2, 0.25) is 12.3 Å². The highest BCUT2D eigenvalue weighted by atomic mass is 32.1. The average molecular weight is 912 g/mol. The number of hydrogen-bond donors (Lipinski definition) is 1. The molecule has 1 aromatic heterocycles. The van der Waals surface area contributed by atoms with Crippen molar-refractivity contribution in [1.29, 1.82) is 5.26 Å². The molecule has 1 atom stereocenters. The predicted octanol–water partition coefficient (Wildman–Crippen LogP) is 5.45. The number of aromatic nitrogens is 1. The Balaban J connectivity index is 0.933. The number of piperidine rings is 1. The fourth-order valence-corrected chi connectivity index (χ4v) is 8.46. The van der Waals surface area contributed by atoms with Crippen molar-refractivity contribution in [2.24, 2.45) is 0 Å². The van der Waals surface area contributed by atoms with Gasteiger partial charge in [-0.1, -0.05) is 0 Å². The van der Waals surface area contributed by atoms with Gasteiger partial charge in [0.1, 0.15) is 40.7 Å². The van der Waals surface area contributed by atoms with Crippen LogP contribution in [-0.2, 0) is 19.2 Å². The van der Waals surface area contributed by atoms with Crippen LogP contribution in [0.2, 0.25) is 0 Å². The molecule has 20 heteroatoms. The number of thiocarbonyl (C=S) groups is 1. The van der Waals surface area contributed by atoms with Crippen LogP contribution < -0.4 is 29.3 Å². The first-order chi connectivity index (χ1) is 31.0. The van der Waals surface area contributed by atoms with Crippen molar-refractivity contribution in [3.8, 4) is 34.6 Å². The maximum atomic E-state index is 15.8. The molecule has 1 N–H and O–H groups in total. The number of nitrogens with zero attached hydrogens (tertiary/aromatic N) is 6. The second-order valence-electron chi connectivity index (χ2n) is 15.8. The number of benzene rings is 3. The number of nitrogens with one attached hydrogen (secondary N) is 1. The van der Waals surface area contributed by atoms with Crippen molar-refractivity contribution in [3.05, 3.63) is 94.9 Å². The summed E-state index contributed by atoms with van der Waals surface area (Å²) in [6.07, 6.45) is 2.01. The lowest BCUT2D eigenvalue weighted by Gasteiger charge is -2.32. The molecule has 65 heavy (non-hydrogen) atoms. The number of amides is 6. The molecule has 3 aromatic carbocycles. The Hall–Kier alpha value is -7.40. The summed E-state index contributed by atoms with van der Waals surface area (Å²) in [6.45, 7) is 4.91. The molecular weight excluding hydrogens is 872 g/mol. The lowest BCUT2D eigenvalue weighted by molar-refractivity contribution is -0.135. The van der Waals surface area contributed by atoms with Crippen molar-refractivity contribution in [2.75, 3.05) is 36.6 Å². The molecule has 2 fully saturated rings. The van der Waals surface area contributed by atoms with Crippen molar-refractivity contribution in [1.82, 2.24) is 20.1 Å². The van der Waals surface area contributed by atoms with Gasteiger partial charge in [0.15, 0.2) is 29.1 Å². The minimum absolute atomic E-state index is 0.0454. The number of likely N-dealkylation sites (tertiary alicyclic amines) is 1. The number of rotatable bonds is 14. The van der Waals surface area contributed by atoms with Gasteiger partial charge in [-0.25, -0.2) is 13.2 Å². The summed E-state index contributed by atoms with van der Waals surface area (Å²) in [5.41, 5.74) is -1.98. The molecular formula is C45H40F3N7O9S. The van der Waals surface area contributed by atoms with Crippen molar-refractivity contribution in [2.45, 2.75) is 64.1 Å². The van der Waals surface area contributed by atoms with Crippen LogP contribution in [-0.4, -0.2) is 100 Å². The standard InChI is InChI=1S/C45H40F3N7O9S/c1-24(5-12-36(57)51-23-56)53-41(59)30-9-7-28(18-32(30)42(53)60)63-22-37(58)52-15-13-27(14-16-52)64-29-8-10-31(33(46)19-29)39-34(47)17-26(21-50-39)55-44(65)54(43(61)45(55,2)3)35-11-6-25(20-49)40(62-4)38(35)48/h6-11,17-19,21,23-24,27H,5,12-16,22H2,1-4H3,(H,51,56,57). The summed E-state index contributed by atoms with van der Waals surface area (Å²) in [5.74, 6) is -5.33. The third-order valence-electron chi connectivity index (χ3n) is 11.4. The van der Waals surface area contributed by atoms with Gasteiger partial charge < -0.3 is 24.0 Å². The predicted molar refractivity (Wildman–Crippen MR) is 229 cm³/mol. The molecule has 2 saturated heterocycles. The molecule has 0 radical (unpaired) electrons. The third-order valence-corrected chi connectivity index (χ3v) is 11.8. The van der Waals surface area contributed by atoms with E-state index in [-0.39, 0.29) is 99.6 Å².